The average molecular weight is 466 g/mol. The van der Waals surface area contributed by atoms with Crippen LogP contribution in [0.2, 0.25) is 0 Å². The summed E-state index contributed by atoms with van der Waals surface area (Å²) in [5.74, 6) is 0.192. The molecule has 1 N–H and O–H groups in total. The third-order valence-corrected chi connectivity index (χ3v) is 7.52. The van der Waals surface area contributed by atoms with Gasteiger partial charge in [0.05, 0.1) is 5.69 Å². The van der Waals surface area contributed by atoms with Gasteiger partial charge in [0, 0.05) is 50.4 Å². The van der Waals surface area contributed by atoms with Crippen LogP contribution in [-0.2, 0) is 4.79 Å². The average Bonchev–Trinajstić information content (AvgIpc) is 3.49. The van der Waals surface area contributed by atoms with Crippen molar-refractivity contribution >= 4 is 39.1 Å². The molecule has 0 aromatic carbocycles. The van der Waals surface area contributed by atoms with E-state index in [9.17, 15) is 9.59 Å². The van der Waals surface area contributed by atoms with Crippen LogP contribution < -0.4 is 0 Å². The number of fused-ring (bicyclic) bond motifs is 2. The number of pyridine rings is 1. The van der Waals surface area contributed by atoms with Crippen molar-refractivity contribution in [3.05, 3.63) is 34.2 Å². The molecule has 0 unspecified atom stereocenters. The van der Waals surface area contributed by atoms with Crippen molar-refractivity contribution in [2.75, 3.05) is 26.2 Å². The second kappa shape index (κ2) is 7.95. The highest BCUT2D eigenvalue weighted by atomic mass is 32.1. The minimum atomic E-state index is -0.0693. The van der Waals surface area contributed by atoms with E-state index in [2.05, 4.69) is 42.8 Å². The first-order valence-electron chi connectivity index (χ1n) is 11.1. The highest BCUT2D eigenvalue weighted by Gasteiger charge is 2.28. The van der Waals surface area contributed by atoms with E-state index in [-0.39, 0.29) is 17.7 Å². The van der Waals surface area contributed by atoms with Gasteiger partial charge >= 0.3 is 0 Å². The van der Waals surface area contributed by atoms with Crippen LogP contribution in [0, 0.1) is 13.8 Å². The van der Waals surface area contributed by atoms with Gasteiger partial charge in [0.1, 0.15) is 16.7 Å². The maximum Gasteiger partial charge on any atom is 0.283 e. The number of hydrogen-bond donors (Lipinski definition) is 1. The van der Waals surface area contributed by atoms with Crippen LogP contribution in [0.1, 0.15) is 53.2 Å². The summed E-state index contributed by atoms with van der Waals surface area (Å²) >= 11 is 1.40. The number of nitrogens with zero attached hydrogens (tertiary/aromatic N) is 6. The molecule has 2 amide bonds. The lowest BCUT2D eigenvalue weighted by Crippen LogP contribution is -2.50. The zero-order valence-corrected chi connectivity index (χ0v) is 20.3. The Morgan fingerprint density at radius 3 is 2.45 bits per heavy atom. The van der Waals surface area contributed by atoms with Crippen LogP contribution in [0.25, 0.3) is 27.3 Å². The Labute approximate surface area is 195 Å². The van der Waals surface area contributed by atoms with E-state index in [1.54, 1.807) is 27.6 Å². The fourth-order valence-electron chi connectivity index (χ4n) is 4.57. The Hall–Kier alpha value is -3.27. The normalized spacial score (nSPS) is 14.7. The number of aromatic nitrogens is 5. The number of carbonyl (C=O) groups excluding carboxylic acids is 2. The lowest BCUT2D eigenvalue weighted by Gasteiger charge is -2.33. The molecule has 0 spiro atoms. The number of thiazole rings is 1. The number of carbonyl (C=O) groups is 2. The molecule has 5 rings (SSSR count). The molecule has 4 aromatic rings. The number of rotatable bonds is 3. The highest BCUT2D eigenvalue weighted by molar-refractivity contribution is 7.20. The van der Waals surface area contributed by atoms with Crippen molar-refractivity contribution < 1.29 is 9.59 Å². The number of aryl methyl sites for hydroxylation is 1. The van der Waals surface area contributed by atoms with E-state index in [1.807, 2.05) is 6.20 Å². The van der Waals surface area contributed by atoms with Crippen molar-refractivity contribution in [1.29, 1.82) is 0 Å². The van der Waals surface area contributed by atoms with Crippen LogP contribution in [0.15, 0.2) is 12.5 Å². The number of H-pyrrole nitrogens is 1. The smallest absolute Gasteiger partial charge is 0.283 e. The van der Waals surface area contributed by atoms with E-state index in [0.29, 0.717) is 31.2 Å². The molecule has 5 heterocycles. The van der Waals surface area contributed by atoms with Gasteiger partial charge < -0.3 is 14.8 Å². The molecular formula is C23H27N7O2S. The summed E-state index contributed by atoms with van der Waals surface area (Å²) in [5, 5.41) is 4.82. The molecule has 1 saturated heterocycles. The first-order valence-corrected chi connectivity index (χ1v) is 11.9. The molecule has 10 heteroatoms. The maximum atomic E-state index is 13.1. The van der Waals surface area contributed by atoms with Gasteiger partial charge in [-0.2, -0.15) is 5.10 Å². The van der Waals surface area contributed by atoms with Crippen LogP contribution in [0.5, 0.6) is 0 Å². The van der Waals surface area contributed by atoms with Gasteiger partial charge in [-0.15, -0.1) is 0 Å². The largest absolute Gasteiger partial charge is 0.345 e. The summed E-state index contributed by atoms with van der Waals surface area (Å²) in [6.45, 7) is 12.2. The number of piperazine rings is 1. The van der Waals surface area contributed by atoms with Crippen LogP contribution in [0.4, 0.5) is 0 Å². The zero-order valence-electron chi connectivity index (χ0n) is 19.5. The molecule has 0 saturated carbocycles. The fraction of sp³-hybridized carbons (Fsp3) is 0.435. The Kier molecular flexibility index (Phi) is 5.19. The summed E-state index contributed by atoms with van der Waals surface area (Å²) in [6.07, 6.45) is 3.57. The van der Waals surface area contributed by atoms with E-state index >= 15 is 0 Å². The lowest BCUT2D eigenvalue weighted by molar-refractivity contribution is -0.130. The first-order chi connectivity index (χ1) is 15.8. The molecule has 9 nitrogen and oxygen atoms in total. The number of nitrogens with one attached hydrogen (secondary N) is 1. The van der Waals surface area contributed by atoms with Crippen LogP contribution in [0.3, 0.4) is 0 Å². The van der Waals surface area contributed by atoms with Crippen LogP contribution >= 0.6 is 11.3 Å². The van der Waals surface area contributed by atoms with Gasteiger partial charge in [0.15, 0.2) is 10.7 Å². The van der Waals surface area contributed by atoms with Gasteiger partial charge in [-0.1, -0.05) is 25.2 Å². The Morgan fingerprint density at radius 1 is 1.09 bits per heavy atom. The first kappa shape index (κ1) is 21.6. The minimum Gasteiger partial charge on any atom is -0.345 e. The molecule has 0 atom stereocenters. The lowest BCUT2D eigenvalue weighted by atomic mass is 9.96. The monoisotopic (exact) mass is 465 g/mol. The summed E-state index contributed by atoms with van der Waals surface area (Å²) in [4.78, 5) is 41.9. The Bertz CT molecular complexity index is 1390. The molecule has 1 aliphatic heterocycles. The van der Waals surface area contributed by atoms with Gasteiger partial charge in [-0.3, -0.25) is 9.59 Å². The van der Waals surface area contributed by atoms with Crippen molar-refractivity contribution in [3.63, 3.8) is 0 Å². The van der Waals surface area contributed by atoms with Crippen molar-refractivity contribution in [3.8, 4) is 11.3 Å². The Balaban J connectivity index is 1.53. The predicted molar refractivity (Wildman–Crippen MR) is 128 cm³/mol. The molecule has 0 bridgehead atoms. The second-order valence-corrected chi connectivity index (χ2v) is 9.88. The summed E-state index contributed by atoms with van der Waals surface area (Å²) in [6, 6.07) is 0. The number of aromatic amines is 1. The van der Waals surface area contributed by atoms with Crippen LogP contribution in [-0.4, -0.2) is 72.4 Å². The SMILES string of the molecule is CC(=O)N1CCN(C(=O)c2nc3c(C(C)C)c(-c4cn5ncnc5c(C)c4C)[nH]c3s2)CC1. The maximum absolute atomic E-state index is 13.1. The van der Waals surface area contributed by atoms with Gasteiger partial charge in [-0.25, -0.2) is 14.5 Å². The summed E-state index contributed by atoms with van der Waals surface area (Å²) in [7, 11) is 0. The van der Waals surface area contributed by atoms with E-state index in [1.165, 1.54) is 11.3 Å². The third kappa shape index (κ3) is 3.49. The molecule has 1 aliphatic rings. The predicted octanol–water partition coefficient (Wildman–Crippen LogP) is 3.38. The quantitative estimate of drug-likeness (QED) is 0.500. The van der Waals surface area contributed by atoms with Gasteiger partial charge in [0.2, 0.25) is 5.91 Å². The van der Waals surface area contributed by atoms with E-state index in [4.69, 9.17) is 4.98 Å². The third-order valence-electron chi connectivity index (χ3n) is 6.56. The zero-order chi connectivity index (χ0) is 23.4. The van der Waals surface area contributed by atoms with E-state index in [0.717, 1.165) is 43.9 Å². The molecule has 0 radical (unpaired) electrons. The second-order valence-electron chi connectivity index (χ2n) is 8.88. The fourth-order valence-corrected chi connectivity index (χ4v) is 5.52. The van der Waals surface area contributed by atoms with Gasteiger partial charge in [-0.05, 0) is 30.9 Å². The number of amides is 2. The van der Waals surface area contributed by atoms with Crippen molar-refractivity contribution in [1.82, 2.24) is 34.4 Å². The summed E-state index contributed by atoms with van der Waals surface area (Å²) in [5.41, 5.74) is 7.12. The number of hydrogen-bond acceptors (Lipinski definition) is 6. The van der Waals surface area contributed by atoms with E-state index < -0.39 is 0 Å². The molecule has 172 valence electrons. The molecule has 4 aromatic heterocycles. The Morgan fingerprint density at radius 2 is 1.79 bits per heavy atom. The highest BCUT2D eigenvalue weighted by Crippen LogP contribution is 2.39. The standard InChI is InChI=1S/C23H27N7O2S/c1-12(2)17-18(16-10-30-20(24-11-25-30)14(4)13(16)3)26-21-19(17)27-22(33-21)23(32)29-8-6-28(7-9-29)15(5)31/h10-12,26H,6-9H2,1-5H3. The summed E-state index contributed by atoms with van der Waals surface area (Å²) < 4.78 is 1.81. The van der Waals surface area contributed by atoms with Crippen molar-refractivity contribution in [2.45, 2.75) is 40.5 Å². The van der Waals surface area contributed by atoms with Gasteiger partial charge in [0.25, 0.3) is 5.91 Å². The topological polar surface area (TPSA) is 99.5 Å². The molecule has 1 fully saturated rings. The van der Waals surface area contributed by atoms with Crippen molar-refractivity contribution in [2.24, 2.45) is 0 Å². The molecule has 0 aliphatic carbocycles. The molecular weight excluding hydrogens is 438 g/mol. The minimum absolute atomic E-state index is 0.0494. The molecule has 33 heavy (non-hydrogen) atoms.